The summed E-state index contributed by atoms with van der Waals surface area (Å²) in [5.41, 5.74) is 5.37. The van der Waals surface area contributed by atoms with Crippen molar-refractivity contribution in [2.75, 3.05) is 18.0 Å². The highest BCUT2D eigenvalue weighted by Crippen LogP contribution is 2.23. The molecule has 0 radical (unpaired) electrons. The molecule has 0 bridgehead atoms. The minimum absolute atomic E-state index is 0.0450. The van der Waals surface area contributed by atoms with Gasteiger partial charge in [-0.05, 0) is 49.1 Å². The Balaban J connectivity index is 1.54. The molecule has 5 heteroatoms. The van der Waals surface area contributed by atoms with E-state index >= 15 is 0 Å². The molecule has 2 amide bonds. The second kappa shape index (κ2) is 8.74. The zero-order valence-electron chi connectivity index (χ0n) is 16.7. The lowest BCUT2D eigenvalue weighted by molar-refractivity contribution is -0.121. The van der Waals surface area contributed by atoms with E-state index in [1.165, 1.54) is 17.9 Å². The van der Waals surface area contributed by atoms with Gasteiger partial charge in [-0.1, -0.05) is 30.3 Å². The van der Waals surface area contributed by atoms with Gasteiger partial charge < -0.3 is 15.2 Å². The first-order valence-corrected chi connectivity index (χ1v) is 9.63. The fourth-order valence-electron chi connectivity index (χ4n) is 3.45. The number of amides is 2. The average Bonchev–Trinajstić information content (AvgIpc) is 3.08. The molecule has 2 aromatic carbocycles. The SMILES string of the molecule is CC(=O)N(CCC(=O)NCCc1c[nH]c2ccccc12)c1cccc(C)c1C. The van der Waals surface area contributed by atoms with Gasteiger partial charge in [-0.2, -0.15) is 0 Å². The third-order valence-corrected chi connectivity index (χ3v) is 5.20. The fraction of sp³-hybridized carbons (Fsp3) is 0.304. The molecule has 0 aliphatic carbocycles. The van der Waals surface area contributed by atoms with Crippen molar-refractivity contribution in [3.8, 4) is 0 Å². The Morgan fingerprint density at radius 3 is 2.64 bits per heavy atom. The molecule has 0 saturated carbocycles. The zero-order chi connectivity index (χ0) is 20.1. The van der Waals surface area contributed by atoms with Gasteiger partial charge in [0.2, 0.25) is 11.8 Å². The van der Waals surface area contributed by atoms with Crippen molar-refractivity contribution in [3.05, 3.63) is 65.4 Å². The Morgan fingerprint density at radius 1 is 1.07 bits per heavy atom. The van der Waals surface area contributed by atoms with E-state index in [-0.39, 0.29) is 18.2 Å². The van der Waals surface area contributed by atoms with Gasteiger partial charge in [0.1, 0.15) is 0 Å². The molecule has 28 heavy (non-hydrogen) atoms. The molecule has 0 spiro atoms. The minimum atomic E-state index is -0.0553. The first-order valence-electron chi connectivity index (χ1n) is 9.63. The van der Waals surface area contributed by atoms with Crippen molar-refractivity contribution in [1.29, 1.82) is 0 Å². The van der Waals surface area contributed by atoms with Crippen LogP contribution in [-0.4, -0.2) is 29.9 Å². The van der Waals surface area contributed by atoms with Gasteiger partial charge in [0.15, 0.2) is 0 Å². The molecule has 0 saturated heterocycles. The van der Waals surface area contributed by atoms with E-state index in [1.54, 1.807) is 4.90 Å². The molecule has 2 N–H and O–H groups in total. The van der Waals surface area contributed by atoms with Crippen LogP contribution in [0.15, 0.2) is 48.7 Å². The highest BCUT2D eigenvalue weighted by Gasteiger charge is 2.16. The van der Waals surface area contributed by atoms with Crippen LogP contribution in [0.1, 0.15) is 30.0 Å². The normalized spacial score (nSPS) is 10.8. The summed E-state index contributed by atoms with van der Waals surface area (Å²) in [4.78, 5) is 29.3. The van der Waals surface area contributed by atoms with Crippen LogP contribution in [0.4, 0.5) is 5.69 Å². The number of aryl methyl sites for hydroxylation is 1. The molecular formula is C23H27N3O2. The van der Waals surface area contributed by atoms with E-state index < -0.39 is 0 Å². The van der Waals surface area contributed by atoms with Crippen molar-refractivity contribution in [2.45, 2.75) is 33.6 Å². The minimum Gasteiger partial charge on any atom is -0.361 e. The topological polar surface area (TPSA) is 65.2 Å². The standard InChI is InChI=1S/C23H27N3O2/c1-16-7-6-10-22(17(16)2)26(18(3)27)14-12-23(28)24-13-11-19-15-25-21-9-5-4-8-20(19)21/h4-10,15,25H,11-14H2,1-3H3,(H,24,28). The number of carbonyl (C=O) groups is 2. The molecule has 1 aromatic heterocycles. The second-order valence-corrected chi connectivity index (χ2v) is 7.10. The number of anilines is 1. The smallest absolute Gasteiger partial charge is 0.223 e. The van der Waals surface area contributed by atoms with Crippen LogP contribution in [0.2, 0.25) is 0 Å². The molecule has 0 aliphatic rings. The highest BCUT2D eigenvalue weighted by molar-refractivity contribution is 5.93. The van der Waals surface area contributed by atoms with Gasteiger partial charge in [-0.25, -0.2) is 0 Å². The molecule has 0 aliphatic heterocycles. The number of aromatic amines is 1. The van der Waals surface area contributed by atoms with Gasteiger partial charge in [0.05, 0.1) is 0 Å². The van der Waals surface area contributed by atoms with Crippen LogP contribution < -0.4 is 10.2 Å². The Hall–Kier alpha value is -3.08. The Labute approximate surface area is 165 Å². The average molecular weight is 377 g/mol. The summed E-state index contributed by atoms with van der Waals surface area (Å²) in [6, 6.07) is 14.0. The third kappa shape index (κ3) is 4.42. The number of hydrogen-bond acceptors (Lipinski definition) is 2. The molecule has 0 unspecified atom stereocenters. The lowest BCUT2D eigenvalue weighted by Gasteiger charge is -2.23. The van der Waals surface area contributed by atoms with Gasteiger partial charge in [0, 0.05) is 49.2 Å². The van der Waals surface area contributed by atoms with Crippen molar-refractivity contribution >= 4 is 28.4 Å². The van der Waals surface area contributed by atoms with Gasteiger partial charge >= 0.3 is 0 Å². The van der Waals surface area contributed by atoms with Crippen LogP contribution in [0.25, 0.3) is 10.9 Å². The molecule has 5 nitrogen and oxygen atoms in total. The van der Waals surface area contributed by atoms with Gasteiger partial charge in [0.25, 0.3) is 0 Å². The number of fused-ring (bicyclic) bond motifs is 1. The van der Waals surface area contributed by atoms with E-state index in [0.29, 0.717) is 13.1 Å². The highest BCUT2D eigenvalue weighted by atomic mass is 16.2. The number of aromatic nitrogens is 1. The Morgan fingerprint density at radius 2 is 1.86 bits per heavy atom. The predicted molar refractivity (Wildman–Crippen MR) is 114 cm³/mol. The van der Waals surface area contributed by atoms with Crippen LogP contribution in [0.3, 0.4) is 0 Å². The van der Waals surface area contributed by atoms with Crippen LogP contribution in [0, 0.1) is 13.8 Å². The lowest BCUT2D eigenvalue weighted by atomic mass is 10.1. The summed E-state index contributed by atoms with van der Waals surface area (Å²) in [7, 11) is 0. The summed E-state index contributed by atoms with van der Waals surface area (Å²) in [6.07, 6.45) is 3.04. The number of benzene rings is 2. The van der Waals surface area contributed by atoms with Gasteiger partial charge in [-0.3, -0.25) is 9.59 Å². The maximum absolute atomic E-state index is 12.3. The van der Waals surface area contributed by atoms with E-state index in [1.807, 2.05) is 56.4 Å². The number of nitrogens with zero attached hydrogens (tertiary/aromatic N) is 1. The molecule has 0 atom stereocenters. The van der Waals surface area contributed by atoms with E-state index in [0.717, 1.165) is 28.8 Å². The molecular weight excluding hydrogens is 350 g/mol. The van der Waals surface area contributed by atoms with Crippen molar-refractivity contribution in [2.24, 2.45) is 0 Å². The first kappa shape index (κ1) is 19.7. The number of hydrogen-bond donors (Lipinski definition) is 2. The number of carbonyl (C=O) groups excluding carboxylic acids is 2. The quantitative estimate of drug-likeness (QED) is 0.656. The number of para-hydroxylation sites is 1. The summed E-state index contributed by atoms with van der Waals surface area (Å²) in [6.45, 7) is 6.51. The molecule has 0 fully saturated rings. The monoisotopic (exact) mass is 377 g/mol. The lowest BCUT2D eigenvalue weighted by Crippen LogP contribution is -2.34. The Bertz CT molecular complexity index is 990. The zero-order valence-corrected chi connectivity index (χ0v) is 16.7. The van der Waals surface area contributed by atoms with E-state index in [9.17, 15) is 9.59 Å². The molecule has 3 aromatic rings. The predicted octanol–water partition coefficient (Wildman–Crippen LogP) is 3.89. The van der Waals surface area contributed by atoms with E-state index in [4.69, 9.17) is 0 Å². The van der Waals surface area contributed by atoms with Crippen molar-refractivity contribution in [1.82, 2.24) is 10.3 Å². The van der Waals surface area contributed by atoms with Crippen molar-refractivity contribution < 1.29 is 9.59 Å². The second-order valence-electron chi connectivity index (χ2n) is 7.10. The molecule has 146 valence electrons. The fourth-order valence-corrected chi connectivity index (χ4v) is 3.45. The van der Waals surface area contributed by atoms with Crippen molar-refractivity contribution in [3.63, 3.8) is 0 Å². The molecule has 3 rings (SSSR count). The van der Waals surface area contributed by atoms with Gasteiger partial charge in [-0.15, -0.1) is 0 Å². The molecule has 1 heterocycles. The summed E-state index contributed by atoms with van der Waals surface area (Å²) in [5, 5.41) is 4.16. The number of rotatable bonds is 7. The number of H-pyrrole nitrogens is 1. The van der Waals surface area contributed by atoms with Crippen LogP contribution in [0.5, 0.6) is 0 Å². The largest absolute Gasteiger partial charge is 0.361 e. The maximum atomic E-state index is 12.3. The first-order chi connectivity index (χ1) is 13.5. The summed E-state index contributed by atoms with van der Waals surface area (Å²) < 4.78 is 0. The Kier molecular flexibility index (Phi) is 6.14. The summed E-state index contributed by atoms with van der Waals surface area (Å²) >= 11 is 0. The maximum Gasteiger partial charge on any atom is 0.223 e. The number of nitrogens with one attached hydrogen (secondary N) is 2. The van der Waals surface area contributed by atoms with E-state index in [2.05, 4.69) is 16.4 Å². The van der Waals surface area contributed by atoms with Crippen LogP contribution in [-0.2, 0) is 16.0 Å². The van der Waals surface area contributed by atoms with Crippen LogP contribution >= 0.6 is 0 Å². The summed E-state index contributed by atoms with van der Waals surface area (Å²) in [5.74, 6) is -0.100. The third-order valence-electron chi connectivity index (χ3n) is 5.20.